The molecule has 0 aliphatic carbocycles. The Bertz CT molecular complexity index is 75.0. The molecule has 0 heterocycles. The Labute approximate surface area is 75.2 Å². The first-order valence-corrected chi connectivity index (χ1v) is 3.27. The van der Waals surface area contributed by atoms with E-state index in [4.69, 9.17) is 0 Å². The topological polar surface area (TPSA) is 3.01 Å². The van der Waals surface area contributed by atoms with Gasteiger partial charge in [-0.15, -0.1) is 0 Å². The van der Waals surface area contributed by atoms with Crippen LogP contribution in [0.2, 0.25) is 0 Å². The van der Waals surface area contributed by atoms with Gasteiger partial charge in [-0.2, -0.15) is 0 Å². The first-order valence-electron chi connectivity index (χ1n) is 3.27. The van der Waals surface area contributed by atoms with Gasteiger partial charge in [0.2, 0.25) is 0 Å². The van der Waals surface area contributed by atoms with Gasteiger partial charge in [-0.05, 0) is 6.42 Å². The fourth-order valence-corrected chi connectivity index (χ4v) is 0.554. The SMILES string of the molecule is CCCCC=[N+](C)C.[I-]. The number of hydrogen-bond donors (Lipinski definition) is 0. The summed E-state index contributed by atoms with van der Waals surface area (Å²) < 4.78 is 2.11. The number of nitrogens with zero attached hydrogens (tertiary/aromatic N) is 1. The highest BCUT2D eigenvalue weighted by molar-refractivity contribution is 5.50. The Hall–Kier alpha value is 0.400. The van der Waals surface area contributed by atoms with Crippen molar-refractivity contribution in [3.63, 3.8) is 0 Å². The van der Waals surface area contributed by atoms with E-state index in [-0.39, 0.29) is 24.0 Å². The molecule has 0 aromatic carbocycles. The monoisotopic (exact) mass is 241 g/mol. The van der Waals surface area contributed by atoms with Crippen LogP contribution in [-0.2, 0) is 0 Å². The minimum atomic E-state index is 0. The molecule has 9 heavy (non-hydrogen) atoms. The Morgan fingerprint density at radius 2 is 1.89 bits per heavy atom. The molecule has 0 rings (SSSR count). The van der Waals surface area contributed by atoms with Crippen LogP contribution in [0.3, 0.4) is 0 Å². The average Bonchev–Trinajstić information content (AvgIpc) is 1.66. The maximum Gasteiger partial charge on any atom is 0.139 e. The van der Waals surface area contributed by atoms with Gasteiger partial charge in [0.05, 0.1) is 0 Å². The molecule has 1 nitrogen and oxygen atoms in total. The van der Waals surface area contributed by atoms with Gasteiger partial charge in [0, 0.05) is 6.42 Å². The zero-order valence-corrected chi connectivity index (χ0v) is 8.68. The van der Waals surface area contributed by atoms with Gasteiger partial charge < -0.3 is 24.0 Å². The lowest BCUT2D eigenvalue weighted by atomic mass is 10.3. The molecule has 0 saturated heterocycles. The summed E-state index contributed by atoms with van der Waals surface area (Å²) in [5, 5.41) is 0. The molecule has 0 atom stereocenters. The lowest BCUT2D eigenvalue weighted by molar-refractivity contribution is -0.460. The third kappa shape index (κ3) is 11.8. The summed E-state index contributed by atoms with van der Waals surface area (Å²) in [6.07, 6.45) is 6.05. The number of halogens is 1. The van der Waals surface area contributed by atoms with Crippen LogP contribution in [-0.4, -0.2) is 24.9 Å². The molecule has 0 aliphatic heterocycles. The van der Waals surface area contributed by atoms with Crippen LogP contribution >= 0.6 is 0 Å². The van der Waals surface area contributed by atoms with Gasteiger partial charge in [0.25, 0.3) is 0 Å². The quantitative estimate of drug-likeness (QED) is 0.245. The molecule has 2 heteroatoms. The highest BCUT2D eigenvalue weighted by Gasteiger charge is 1.82. The van der Waals surface area contributed by atoms with Gasteiger partial charge >= 0.3 is 0 Å². The second kappa shape index (κ2) is 8.40. The second-order valence-corrected chi connectivity index (χ2v) is 2.29. The molecule has 0 bridgehead atoms. The van der Waals surface area contributed by atoms with E-state index < -0.39 is 0 Å². The summed E-state index contributed by atoms with van der Waals surface area (Å²) in [5.74, 6) is 0. The van der Waals surface area contributed by atoms with Gasteiger partial charge in [-0.3, -0.25) is 0 Å². The van der Waals surface area contributed by atoms with Crippen molar-refractivity contribution in [1.82, 2.24) is 0 Å². The van der Waals surface area contributed by atoms with Crippen molar-refractivity contribution in [2.24, 2.45) is 0 Å². The van der Waals surface area contributed by atoms with Crippen molar-refractivity contribution in [2.45, 2.75) is 26.2 Å². The van der Waals surface area contributed by atoms with E-state index in [1.807, 2.05) is 0 Å². The minimum Gasteiger partial charge on any atom is -1.00 e. The summed E-state index contributed by atoms with van der Waals surface area (Å²) in [6.45, 7) is 2.21. The number of hydrogen-bond acceptors (Lipinski definition) is 0. The first kappa shape index (κ1) is 12.1. The summed E-state index contributed by atoms with van der Waals surface area (Å²) >= 11 is 0. The number of unbranched alkanes of at least 4 members (excludes halogenated alkanes) is 2. The molecule has 0 spiro atoms. The smallest absolute Gasteiger partial charge is 0.139 e. The van der Waals surface area contributed by atoms with Crippen LogP contribution in [0.25, 0.3) is 0 Å². The molecule has 0 saturated carbocycles. The van der Waals surface area contributed by atoms with Crippen molar-refractivity contribution in [3.05, 3.63) is 0 Å². The molecule has 0 fully saturated rings. The fraction of sp³-hybridized carbons (Fsp3) is 0.857. The second-order valence-electron chi connectivity index (χ2n) is 2.29. The highest BCUT2D eigenvalue weighted by atomic mass is 127. The zero-order chi connectivity index (χ0) is 6.41. The van der Waals surface area contributed by atoms with Crippen molar-refractivity contribution in [1.29, 1.82) is 0 Å². The molecule has 0 unspecified atom stereocenters. The molecular formula is C7H16IN. The van der Waals surface area contributed by atoms with Crippen molar-refractivity contribution < 1.29 is 28.6 Å². The average molecular weight is 241 g/mol. The van der Waals surface area contributed by atoms with Gasteiger partial charge in [-0.1, -0.05) is 13.3 Å². The van der Waals surface area contributed by atoms with Crippen LogP contribution in [0.1, 0.15) is 26.2 Å². The standard InChI is InChI=1S/C7H16N.HI/c1-4-5-6-7-8(2)3;/h7H,4-6H2,1-3H3;1H/q+1;/p-1. The predicted molar refractivity (Wildman–Crippen MR) is 37.7 cm³/mol. The summed E-state index contributed by atoms with van der Waals surface area (Å²) in [6, 6.07) is 0. The minimum absolute atomic E-state index is 0. The van der Waals surface area contributed by atoms with Crippen molar-refractivity contribution >= 4 is 6.21 Å². The van der Waals surface area contributed by atoms with Gasteiger partial charge in [0.15, 0.2) is 0 Å². The van der Waals surface area contributed by atoms with E-state index in [1.54, 1.807) is 0 Å². The van der Waals surface area contributed by atoms with E-state index in [2.05, 4.69) is 31.8 Å². The molecule has 0 aliphatic rings. The maximum atomic E-state index is 2.21. The van der Waals surface area contributed by atoms with Gasteiger partial charge in [-0.25, -0.2) is 4.58 Å². The van der Waals surface area contributed by atoms with Gasteiger partial charge in [0.1, 0.15) is 20.3 Å². The van der Waals surface area contributed by atoms with E-state index in [0.29, 0.717) is 0 Å². The van der Waals surface area contributed by atoms with Crippen LogP contribution in [0.5, 0.6) is 0 Å². The third-order valence-corrected chi connectivity index (χ3v) is 1.05. The predicted octanol–water partition coefficient (Wildman–Crippen LogP) is -1.48. The normalized spacial score (nSPS) is 7.89. The molecule has 0 radical (unpaired) electrons. The molecule has 0 aromatic rings. The summed E-state index contributed by atoms with van der Waals surface area (Å²) in [4.78, 5) is 0. The van der Waals surface area contributed by atoms with E-state index >= 15 is 0 Å². The first-order chi connectivity index (χ1) is 3.77. The molecule has 0 amide bonds. The van der Waals surface area contributed by atoms with Crippen molar-refractivity contribution in [3.8, 4) is 0 Å². The molecule has 56 valence electrons. The lowest BCUT2D eigenvalue weighted by Crippen LogP contribution is -3.00. The molecule has 0 aromatic heterocycles. The Morgan fingerprint density at radius 3 is 2.22 bits per heavy atom. The van der Waals surface area contributed by atoms with Crippen LogP contribution in [0.4, 0.5) is 0 Å². The van der Waals surface area contributed by atoms with Crippen LogP contribution < -0.4 is 24.0 Å². The van der Waals surface area contributed by atoms with E-state index in [1.165, 1.54) is 19.3 Å². The van der Waals surface area contributed by atoms with Crippen LogP contribution in [0.15, 0.2) is 0 Å². The Kier molecular flexibility index (Phi) is 11.3. The summed E-state index contributed by atoms with van der Waals surface area (Å²) in [7, 11) is 4.13. The number of rotatable bonds is 3. The van der Waals surface area contributed by atoms with E-state index in [9.17, 15) is 0 Å². The molecule has 0 N–H and O–H groups in total. The third-order valence-electron chi connectivity index (χ3n) is 1.05. The highest BCUT2D eigenvalue weighted by Crippen LogP contribution is 1.88. The Morgan fingerprint density at radius 1 is 1.33 bits per heavy atom. The Balaban J connectivity index is 0. The van der Waals surface area contributed by atoms with E-state index in [0.717, 1.165) is 0 Å². The summed E-state index contributed by atoms with van der Waals surface area (Å²) in [5.41, 5.74) is 0. The lowest BCUT2D eigenvalue weighted by Gasteiger charge is -1.85. The molecular weight excluding hydrogens is 225 g/mol. The van der Waals surface area contributed by atoms with Crippen LogP contribution in [0, 0.1) is 0 Å². The van der Waals surface area contributed by atoms with Crippen molar-refractivity contribution in [2.75, 3.05) is 14.1 Å². The maximum absolute atomic E-state index is 2.21. The fourth-order valence-electron chi connectivity index (χ4n) is 0.554. The zero-order valence-electron chi connectivity index (χ0n) is 6.52. The largest absolute Gasteiger partial charge is 1.00 e.